The molecule has 0 aliphatic carbocycles. The van der Waals surface area contributed by atoms with Gasteiger partial charge in [-0.3, -0.25) is 4.99 Å². The molecule has 2 aromatic carbocycles. The summed E-state index contributed by atoms with van der Waals surface area (Å²) in [5.41, 5.74) is 7.20. The fourth-order valence-corrected chi connectivity index (χ4v) is 4.51. The number of rotatable bonds is 4. The van der Waals surface area contributed by atoms with Crippen LogP contribution in [0.3, 0.4) is 0 Å². The van der Waals surface area contributed by atoms with Crippen LogP contribution in [0.4, 0.5) is 17.2 Å². The van der Waals surface area contributed by atoms with Gasteiger partial charge in [0.15, 0.2) is 11.5 Å². The Hall–Kier alpha value is -3.71. The van der Waals surface area contributed by atoms with Gasteiger partial charge < -0.3 is 19.7 Å². The summed E-state index contributed by atoms with van der Waals surface area (Å²) in [7, 11) is 0. The van der Waals surface area contributed by atoms with Gasteiger partial charge in [0.05, 0.1) is 18.3 Å². The van der Waals surface area contributed by atoms with E-state index in [0.29, 0.717) is 12.4 Å². The molecule has 4 aromatic rings. The number of aliphatic hydroxyl groups excluding tert-OH is 1. The molecule has 32 heavy (non-hydrogen) atoms. The number of nitrogens with one attached hydrogen (secondary N) is 1. The molecule has 2 aromatic heterocycles. The number of β-amino-alcohol motifs (C(OH)–C–C–N with tert-alkyl or cyclic N) is 1. The Balaban J connectivity index is 1.30. The summed E-state index contributed by atoms with van der Waals surface area (Å²) in [6.45, 7) is 2.40. The Kier molecular flexibility index (Phi) is 4.61. The number of hydrogen-bond donors (Lipinski definition) is 2. The van der Waals surface area contributed by atoms with E-state index in [9.17, 15) is 5.11 Å². The number of piperidine rings is 1. The van der Waals surface area contributed by atoms with Gasteiger partial charge in [-0.25, -0.2) is 9.97 Å². The standard InChI is InChI=1S/C25H24N6O/c32-22-2-1-10-30(15-22)21-7-5-20(6-8-21)28-24-25-27-9-11-31(25)16-23(29-24)17-3-4-18-13-26-14-19(18)12-17/h3-9,11-13,16,22,32H,1-2,10,14-15H2,(H,28,29)/t22-/m1/s1. The summed E-state index contributed by atoms with van der Waals surface area (Å²) in [6.07, 6.45) is 9.32. The second-order valence-electron chi connectivity index (χ2n) is 8.43. The van der Waals surface area contributed by atoms with Gasteiger partial charge in [-0.15, -0.1) is 0 Å². The first-order valence-corrected chi connectivity index (χ1v) is 11.0. The van der Waals surface area contributed by atoms with Gasteiger partial charge in [-0.2, -0.15) is 0 Å². The van der Waals surface area contributed by atoms with E-state index in [1.54, 1.807) is 6.20 Å². The minimum atomic E-state index is -0.243. The predicted molar refractivity (Wildman–Crippen MR) is 127 cm³/mol. The van der Waals surface area contributed by atoms with Gasteiger partial charge in [0.2, 0.25) is 0 Å². The average molecular weight is 425 g/mol. The van der Waals surface area contributed by atoms with Crippen molar-refractivity contribution in [2.75, 3.05) is 23.3 Å². The summed E-state index contributed by atoms with van der Waals surface area (Å²) >= 11 is 0. The lowest BCUT2D eigenvalue weighted by Gasteiger charge is -2.32. The van der Waals surface area contributed by atoms with Gasteiger partial charge in [-0.05, 0) is 54.3 Å². The fourth-order valence-electron chi connectivity index (χ4n) is 4.51. The van der Waals surface area contributed by atoms with E-state index in [-0.39, 0.29) is 6.10 Å². The largest absolute Gasteiger partial charge is 0.391 e. The van der Waals surface area contributed by atoms with E-state index >= 15 is 0 Å². The molecular formula is C25H24N6O. The molecule has 0 bridgehead atoms. The van der Waals surface area contributed by atoms with Crippen LogP contribution < -0.4 is 10.2 Å². The molecule has 0 radical (unpaired) electrons. The van der Waals surface area contributed by atoms with Crippen LogP contribution in [0, 0.1) is 0 Å². The van der Waals surface area contributed by atoms with E-state index in [0.717, 1.165) is 54.2 Å². The van der Waals surface area contributed by atoms with Crippen molar-refractivity contribution in [3.05, 3.63) is 72.2 Å². The predicted octanol–water partition coefficient (Wildman–Crippen LogP) is 4.03. The normalized spacial score (nSPS) is 17.7. The van der Waals surface area contributed by atoms with Crippen LogP contribution >= 0.6 is 0 Å². The highest BCUT2D eigenvalue weighted by Gasteiger charge is 2.18. The number of hydrogen-bond acceptors (Lipinski definition) is 6. The number of benzene rings is 2. The molecule has 0 saturated carbocycles. The maximum Gasteiger partial charge on any atom is 0.180 e. The molecule has 4 heterocycles. The Morgan fingerprint density at radius 3 is 2.88 bits per heavy atom. The van der Waals surface area contributed by atoms with Crippen molar-refractivity contribution in [1.29, 1.82) is 0 Å². The minimum Gasteiger partial charge on any atom is -0.391 e. The van der Waals surface area contributed by atoms with Gasteiger partial charge in [0.1, 0.15) is 0 Å². The summed E-state index contributed by atoms with van der Waals surface area (Å²) in [4.78, 5) is 16.0. The van der Waals surface area contributed by atoms with Gasteiger partial charge in [-0.1, -0.05) is 12.1 Å². The van der Waals surface area contributed by atoms with Crippen molar-refractivity contribution in [1.82, 2.24) is 14.4 Å². The molecule has 2 N–H and O–H groups in total. The summed E-state index contributed by atoms with van der Waals surface area (Å²) in [6, 6.07) is 14.6. The van der Waals surface area contributed by atoms with Gasteiger partial charge in [0.25, 0.3) is 0 Å². The number of aromatic nitrogens is 3. The third-order valence-electron chi connectivity index (χ3n) is 6.20. The monoisotopic (exact) mass is 424 g/mol. The molecule has 1 fully saturated rings. The smallest absolute Gasteiger partial charge is 0.180 e. The summed E-state index contributed by atoms with van der Waals surface area (Å²) < 4.78 is 2.00. The van der Waals surface area contributed by atoms with Crippen LogP contribution in [0.15, 0.2) is 66.0 Å². The third-order valence-corrected chi connectivity index (χ3v) is 6.20. The van der Waals surface area contributed by atoms with E-state index in [2.05, 4.69) is 62.7 Å². The van der Waals surface area contributed by atoms with Gasteiger partial charge in [0, 0.05) is 54.8 Å². The summed E-state index contributed by atoms with van der Waals surface area (Å²) in [5.74, 6) is 0.713. The van der Waals surface area contributed by atoms with Crippen LogP contribution in [-0.4, -0.2) is 44.9 Å². The molecule has 7 nitrogen and oxygen atoms in total. The Morgan fingerprint density at radius 1 is 1.09 bits per heavy atom. The van der Waals surface area contributed by atoms with Gasteiger partial charge >= 0.3 is 0 Å². The second kappa shape index (κ2) is 7.76. The second-order valence-corrected chi connectivity index (χ2v) is 8.43. The SMILES string of the molecule is O[C@@H]1CCCN(c2ccc(Nc3nc(-c4ccc5c(c4)CN=C5)cn4ccnc34)cc2)C1. The Bertz CT molecular complexity index is 1310. The molecule has 2 aliphatic heterocycles. The van der Waals surface area contributed by atoms with Crippen LogP contribution in [0.25, 0.3) is 16.9 Å². The highest BCUT2D eigenvalue weighted by atomic mass is 16.3. The van der Waals surface area contributed by atoms with E-state index in [1.807, 2.05) is 23.0 Å². The molecule has 1 atom stereocenters. The maximum absolute atomic E-state index is 9.96. The molecule has 2 aliphatic rings. The van der Waals surface area contributed by atoms with Crippen molar-refractivity contribution in [2.45, 2.75) is 25.5 Å². The van der Waals surface area contributed by atoms with Crippen molar-refractivity contribution in [3.63, 3.8) is 0 Å². The zero-order valence-corrected chi connectivity index (χ0v) is 17.6. The number of anilines is 3. The van der Waals surface area contributed by atoms with Crippen molar-refractivity contribution < 1.29 is 5.11 Å². The zero-order chi connectivity index (χ0) is 21.5. The molecular weight excluding hydrogens is 400 g/mol. The zero-order valence-electron chi connectivity index (χ0n) is 17.6. The highest BCUT2D eigenvalue weighted by molar-refractivity contribution is 5.86. The first-order valence-electron chi connectivity index (χ1n) is 11.0. The lowest BCUT2D eigenvalue weighted by molar-refractivity contribution is 0.154. The van der Waals surface area contributed by atoms with Crippen LogP contribution in [-0.2, 0) is 6.54 Å². The van der Waals surface area contributed by atoms with E-state index in [1.165, 1.54) is 11.1 Å². The number of aliphatic imine (C=N–C) groups is 1. The Morgan fingerprint density at radius 2 is 2.00 bits per heavy atom. The van der Waals surface area contributed by atoms with Crippen molar-refractivity contribution in [2.24, 2.45) is 4.99 Å². The maximum atomic E-state index is 9.96. The number of nitrogens with zero attached hydrogens (tertiary/aromatic N) is 5. The first kappa shape index (κ1) is 19.0. The fraction of sp³-hybridized carbons (Fsp3) is 0.240. The van der Waals surface area contributed by atoms with Crippen molar-refractivity contribution in [3.8, 4) is 11.3 Å². The van der Waals surface area contributed by atoms with Crippen LogP contribution in [0.1, 0.15) is 24.0 Å². The highest BCUT2D eigenvalue weighted by Crippen LogP contribution is 2.28. The summed E-state index contributed by atoms with van der Waals surface area (Å²) in [5, 5.41) is 13.4. The number of fused-ring (bicyclic) bond motifs is 2. The Labute approximate surface area is 186 Å². The minimum absolute atomic E-state index is 0.243. The third kappa shape index (κ3) is 3.50. The molecule has 160 valence electrons. The lowest BCUT2D eigenvalue weighted by atomic mass is 10.0. The average Bonchev–Trinajstić information content (AvgIpc) is 3.48. The molecule has 7 heteroatoms. The topological polar surface area (TPSA) is 78.0 Å². The molecule has 1 saturated heterocycles. The molecule has 0 unspecified atom stereocenters. The molecule has 0 spiro atoms. The van der Waals surface area contributed by atoms with Crippen LogP contribution in [0.5, 0.6) is 0 Å². The molecule has 6 rings (SSSR count). The first-order chi connectivity index (χ1) is 15.7. The van der Waals surface area contributed by atoms with Crippen molar-refractivity contribution >= 4 is 29.1 Å². The number of aliphatic hydroxyl groups is 1. The molecule has 0 amide bonds. The van der Waals surface area contributed by atoms with Crippen LogP contribution in [0.2, 0.25) is 0 Å². The van der Waals surface area contributed by atoms with E-state index < -0.39 is 0 Å². The van der Waals surface area contributed by atoms with E-state index in [4.69, 9.17) is 4.98 Å². The quantitative estimate of drug-likeness (QED) is 0.517. The lowest BCUT2D eigenvalue weighted by Crippen LogP contribution is -2.38. The number of imidazole rings is 1.